The molecule has 168 valence electrons. The number of halogens is 6. The highest BCUT2D eigenvalue weighted by Crippen LogP contribution is 2.39. The fraction of sp³-hybridized carbons (Fsp3) is 0.389. The van der Waals surface area contributed by atoms with Gasteiger partial charge in [-0.1, -0.05) is 18.5 Å². The van der Waals surface area contributed by atoms with E-state index in [1.165, 1.54) is 30.2 Å². The van der Waals surface area contributed by atoms with Crippen molar-refractivity contribution >= 4 is 41.0 Å². The minimum atomic E-state index is -4.88. The number of hydrogen-bond acceptors (Lipinski definition) is 6. The summed E-state index contributed by atoms with van der Waals surface area (Å²) >= 11 is 6.60. The molecule has 0 radical (unpaired) electrons. The number of piperidine rings is 1. The van der Waals surface area contributed by atoms with Gasteiger partial charge in [0.25, 0.3) is 11.8 Å². The van der Waals surface area contributed by atoms with Gasteiger partial charge in [-0.25, -0.2) is 18.7 Å². The molecule has 6 nitrogen and oxygen atoms in total. The molecule has 31 heavy (non-hydrogen) atoms. The SMILES string of the molecule is CC1CN(c2nc(C(F)(F)F)c(Cl)cc2C(=O)Nc2ccnc(SN)c2)CCC1(F)F. The summed E-state index contributed by atoms with van der Waals surface area (Å²) < 4.78 is 67.8. The molecule has 1 amide bonds. The molecule has 0 aromatic carbocycles. The quantitative estimate of drug-likeness (QED) is 0.480. The second-order valence-electron chi connectivity index (χ2n) is 7.00. The third kappa shape index (κ3) is 5.18. The van der Waals surface area contributed by atoms with Crippen LogP contribution in [0.15, 0.2) is 29.4 Å². The first kappa shape index (κ1) is 23.5. The molecule has 2 aromatic rings. The summed E-state index contributed by atoms with van der Waals surface area (Å²) in [6.45, 7) is 0.741. The zero-order chi connectivity index (χ0) is 23.0. The van der Waals surface area contributed by atoms with Crippen molar-refractivity contribution in [1.82, 2.24) is 9.97 Å². The normalized spacial score (nSPS) is 18.7. The Kier molecular flexibility index (Phi) is 6.63. The molecule has 0 bridgehead atoms. The Hall–Kier alpha value is -2.18. The van der Waals surface area contributed by atoms with Gasteiger partial charge in [0.1, 0.15) is 10.8 Å². The van der Waals surface area contributed by atoms with Crippen LogP contribution < -0.4 is 15.4 Å². The molecule has 13 heteroatoms. The summed E-state index contributed by atoms with van der Waals surface area (Å²) in [6, 6.07) is 3.77. The molecule has 0 aliphatic carbocycles. The van der Waals surface area contributed by atoms with Gasteiger partial charge in [-0.15, -0.1) is 0 Å². The summed E-state index contributed by atoms with van der Waals surface area (Å²) in [6.07, 6.45) is -4.08. The minimum Gasteiger partial charge on any atom is -0.355 e. The van der Waals surface area contributed by atoms with E-state index >= 15 is 0 Å². The second-order valence-corrected chi connectivity index (χ2v) is 8.06. The van der Waals surface area contributed by atoms with Gasteiger partial charge in [-0.3, -0.25) is 9.93 Å². The molecule has 3 rings (SSSR count). The topological polar surface area (TPSA) is 84.1 Å². The number of alkyl halides is 5. The van der Waals surface area contributed by atoms with E-state index in [0.717, 1.165) is 18.0 Å². The summed E-state index contributed by atoms with van der Waals surface area (Å²) in [5, 5.41) is 7.58. The van der Waals surface area contributed by atoms with Crippen LogP contribution >= 0.6 is 23.5 Å². The van der Waals surface area contributed by atoms with E-state index in [0.29, 0.717) is 5.03 Å². The fourth-order valence-electron chi connectivity index (χ4n) is 3.11. The Morgan fingerprint density at radius 1 is 1.39 bits per heavy atom. The average molecular weight is 482 g/mol. The molecular formula is C18H17ClF5N5OS. The number of aromatic nitrogens is 2. The minimum absolute atomic E-state index is 0.269. The van der Waals surface area contributed by atoms with E-state index in [4.69, 9.17) is 16.7 Å². The third-order valence-electron chi connectivity index (χ3n) is 4.81. The van der Waals surface area contributed by atoms with Gasteiger partial charge in [-0.05, 0) is 30.1 Å². The number of rotatable bonds is 4. The van der Waals surface area contributed by atoms with Crippen molar-refractivity contribution in [3.63, 3.8) is 0 Å². The van der Waals surface area contributed by atoms with E-state index in [1.54, 1.807) is 0 Å². The van der Waals surface area contributed by atoms with Gasteiger partial charge in [0.15, 0.2) is 5.69 Å². The summed E-state index contributed by atoms with van der Waals surface area (Å²) in [4.78, 5) is 21.6. The summed E-state index contributed by atoms with van der Waals surface area (Å²) in [5.74, 6) is -5.28. The molecule has 1 unspecified atom stereocenters. The van der Waals surface area contributed by atoms with Crippen molar-refractivity contribution in [3.05, 3.63) is 40.7 Å². The maximum Gasteiger partial charge on any atom is 0.434 e. The largest absolute Gasteiger partial charge is 0.434 e. The van der Waals surface area contributed by atoms with Gasteiger partial charge >= 0.3 is 6.18 Å². The van der Waals surface area contributed by atoms with Crippen LogP contribution in [0.3, 0.4) is 0 Å². The zero-order valence-electron chi connectivity index (χ0n) is 16.0. The first-order chi connectivity index (χ1) is 14.4. The second kappa shape index (κ2) is 8.75. The van der Waals surface area contributed by atoms with Crippen LogP contribution in [0.2, 0.25) is 5.02 Å². The average Bonchev–Trinajstić information content (AvgIpc) is 2.69. The smallest absolute Gasteiger partial charge is 0.355 e. The first-order valence-electron chi connectivity index (χ1n) is 8.97. The van der Waals surface area contributed by atoms with Crippen molar-refractivity contribution in [2.24, 2.45) is 11.1 Å². The standard InChI is InChI=1S/C18H17ClF5N5OS/c1-9-8-29(5-3-17(9,20)21)15-11(7-12(19)14(28-15)18(22,23)24)16(30)27-10-2-4-26-13(6-10)31-25/h2,4,6-7,9H,3,5,8,25H2,1H3,(H,26,27,30). The molecule has 2 aromatic heterocycles. The van der Waals surface area contributed by atoms with E-state index in [9.17, 15) is 26.7 Å². The number of carbonyl (C=O) groups is 1. The van der Waals surface area contributed by atoms with Crippen LogP contribution in [0.25, 0.3) is 0 Å². The van der Waals surface area contributed by atoms with E-state index in [-0.39, 0.29) is 30.2 Å². The Morgan fingerprint density at radius 2 is 2.10 bits per heavy atom. The highest BCUT2D eigenvalue weighted by molar-refractivity contribution is 7.97. The lowest BCUT2D eigenvalue weighted by atomic mass is 9.95. The summed E-state index contributed by atoms with van der Waals surface area (Å²) in [7, 11) is 0. The predicted molar refractivity (Wildman–Crippen MR) is 107 cm³/mol. The zero-order valence-corrected chi connectivity index (χ0v) is 17.6. The lowest BCUT2D eigenvalue weighted by Crippen LogP contribution is -2.47. The molecule has 3 heterocycles. The number of nitrogens with zero attached hydrogens (tertiary/aromatic N) is 3. The Morgan fingerprint density at radius 3 is 2.71 bits per heavy atom. The molecular weight excluding hydrogens is 465 g/mol. The summed E-state index contributed by atoms with van der Waals surface area (Å²) in [5.41, 5.74) is -1.38. The van der Waals surface area contributed by atoms with Gasteiger partial charge in [0, 0.05) is 37.3 Å². The van der Waals surface area contributed by atoms with Crippen molar-refractivity contribution in [3.8, 4) is 0 Å². The molecule has 1 atom stereocenters. The predicted octanol–water partition coefficient (Wildman–Crippen LogP) is 4.85. The molecule has 1 aliphatic heterocycles. The van der Waals surface area contributed by atoms with Crippen LogP contribution in [-0.4, -0.2) is 34.9 Å². The van der Waals surface area contributed by atoms with Crippen molar-refractivity contribution in [1.29, 1.82) is 0 Å². The van der Waals surface area contributed by atoms with Gasteiger partial charge < -0.3 is 10.2 Å². The molecule has 0 saturated carbocycles. The van der Waals surface area contributed by atoms with Crippen LogP contribution in [0, 0.1) is 5.92 Å². The number of nitrogens with one attached hydrogen (secondary N) is 1. The molecule has 1 fully saturated rings. The lowest BCUT2D eigenvalue weighted by molar-refractivity contribution is -0.141. The van der Waals surface area contributed by atoms with E-state index in [2.05, 4.69) is 15.3 Å². The number of hydrogen-bond donors (Lipinski definition) is 2. The molecule has 1 saturated heterocycles. The number of pyridine rings is 2. The van der Waals surface area contributed by atoms with Crippen molar-refractivity contribution < 1.29 is 26.7 Å². The molecule has 1 aliphatic rings. The first-order valence-corrected chi connectivity index (χ1v) is 10.2. The Balaban J connectivity index is 2.02. The van der Waals surface area contributed by atoms with Gasteiger partial charge in [0.05, 0.1) is 10.6 Å². The van der Waals surface area contributed by atoms with E-state index in [1.807, 2.05) is 0 Å². The number of carbonyl (C=O) groups excluding carboxylic acids is 1. The van der Waals surface area contributed by atoms with Crippen molar-refractivity contribution in [2.75, 3.05) is 23.3 Å². The third-order valence-corrected chi connectivity index (χ3v) is 5.57. The van der Waals surface area contributed by atoms with Gasteiger partial charge in [-0.2, -0.15) is 13.2 Å². The maximum atomic E-state index is 13.9. The molecule has 3 N–H and O–H groups in total. The highest BCUT2D eigenvalue weighted by atomic mass is 35.5. The van der Waals surface area contributed by atoms with Crippen LogP contribution in [0.1, 0.15) is 29.4 Å². The van der Waals surface area contributed by atoms with E-state index < -0.39 is 41.1 Å². The number of amides is 1. The Labute approximate surface area is 183 Å². The van der Waals surface area contributed by atoms with Crippen LogP contribution in [0.4, 0.5) is 33.5 Å². The van der Waals surface area contributed by atoms with Crippen LogP contribution in [-0.2, 0) is 6.18 Å². The molecule has 0 spiro atoms. The number of anilines is 2. The highest BCUT2D eigenvalue weighted by Gasteiger charge is 2.43. The maximum absolute atomic E-state index is 13.9. The van der Waals surface area contributed by atoms with Crippen LogP contribution in [0.5, 0.6) is 0 Å². The monoisotopic (exact) mass is 481 g/mol. The Bertz CT molecular complexity index is 990. The lowest BCUT2D eigenvalue weighted by Gasteiger charge is -2.38. The van der Waals surface area contributed by atoms with Gasteiger partial charge in [0.2, 0.25) is 0 Å². The van der Waals surface area contributed by atoms with Crippen molar-refractivity contribution in [2.45, 2.75) is 30.5 Å². The fourth-order valence-corrected chi connectivity index (χ4v) is 3.69. The number of nitrogens with two attached hydrogens (primary N) is 1.